The summed E-state index contributed by atoms with van der Waals surface area (Å²) in [7, 11) is 0. The third-order valence-electron chi connectivity index (χ3n) is 3.12. The molecule has 2 aromatic rings. The molecule has 0 spiro atoms. The van der Waals surface area contributed by atoms with Gasteiger partial charge in [0.1, 0.15) is 5.82 Å². The van der Waals surface area contributed by atoms with Gasteiger partial charge in [0.2, 0.25) is 6.79 Å². The summed E-state index contributed by atoms with van der Waals surface area (Å²) < 4.78 is 23.9. The molecule has 0 atom stereocenters. The minimum absolute atomic E-state index is 0.192. The van der Waals surface area contributed by atoms with Gasteiger partial charge in [0.25, 0.3) is 0 Å². The Morgan fingerprint density at radius 2 is 2.11 bits per heavy atom. The highest BCUT2D eigenvalue weighted by Gasteiger charge is 2.16. The fourth-order valence-corrected chi connectivity index (χ4v) is 2.08. The van der Waals surface area contributed by atoms with E-state index in [0.29, 0.717) is 12.1 Å². The summed E-state index contributed by atoms with van der Waals surface area (Å²) in [4.78, 5) is 0. The third kappa shape index (κ3) is 2.34. The minimum atomic E-state index is -0.192. The maximum atomic E-state index is 13.2. The van der Waals surface area contributed by atoms with Crippen LogP contribution in [-0.4, -0.2) is 6.79 Å². The highest BCUT2D eigenvalue weighted by atomic mass is 19.1. The monoisotopic (exact) mass is 259 g/mol. The van der Waals surface area contributed by atoms with Crippen molar-refractivity contribution in [3.63, 3.8) is 0 Å². The van der Waals surface area contributed by atoms with Crippen LogP contribution in [0.4, 0.5) is 10.1 Å². The number of anilines is 1. The molecule has 3 rings (SSSR count). The Balaban J connectivity index is 1.76. The molecule has 98 valence electrons. The lowest BCUT2D eigenvalue weighted by molar-refractivity contribution is 0.173. The summed E-state index contributed by atoms with van der Waals surface area (Å²) in [5, 5.41) is 3.26. The summed E-state index contributed by atoms with van der Waals surface area (Å²) in [6.45, 7) is 2.62. The van der Waals surface area contributed by atoms with Crippen LogP contribution in [0.3, 0.4) is 0 Å². The molecule has 1 heterocycles. The fraction of sp³-hybridized carbons (Fsp3) is 0.200. The Hall–Kier alpha value is -2.23. The van der Waals surface area contributed by atoms with Gasteiger partial charge >= 0.3 is 0 Å². The lowest BCUT2D eigenvalue weighted by Gasteiger charge is -2.09. The van der Waals surface area contributed by atoms with E-state index < -0.39 is 0 Å². The SMILES string of the molecule is Cc1cc(NCc2cccc3c2OCO3)ccc1F. The van der Waals surface area contributed by atoms with Gasteiger partial charge in [-0.1, -0.05) is 12.1 Å². The number of ether oxygens (including phenoxy) is 2. The van der Waals surface area contributed by atoms with Crippen LogP contribution >= 0.6 is 0 Å². The average molecular weight is 259 g/mol. The number of rotatable bonds is 3. The van der Waals surface area contributed by atoms with Crippen LogP contribution in [0.1, 0.15) is 11.1 Å². The Morgan fingerprint density at radius 1 is 1.21 bits per heavy atom. The summed E-state index contributed by atoms with van der Waals surface area (Å²) in [5.74, 6) is 1.37. The van der Waals surface area contributed by atoms with E-state index in [2.05, 4.69) is 5.32 Å². The van der Waals surface area contributed by atoms with E-state index in [0.717, 1.165) is 22.7 Å². The lowest BCUT2D eigenvalue weighted by atomic mass is 10.1. The summed E-state index contributed by atoms with van der Waals surface area (Å²) in [6.07, 6.45) is 0. The summed E-state index contributed by atoms with van der Waals surface area (Å²) in [6, 6.07) is 10.8. The number of halogens is 1. The van der Waals surface area contributed by atoms with E-state index in [9.17, 15) is 4.39 Å². The standard InChI is InChI=1S/C15H14FNO2/c1-10-7-12(5-6-13(10)16)17-8-11-3-2-4-14-15(11)19-9-18-14/h2-7,17H,8-9H2,1H3. The Labute approximate surface area is 111 Å². The van der Waals surface area contributed by atoms with Crippen LogP contribution in [0, 0.1) is 12.7 Å². The molecule has 4 heteroatoms. The number of hydrogen-bond donors (Lipinski definition) is 1. The first kappa shape index (κ1) is 11.8. The van der Waals surface area contributed by atoms with E-state index in [4.69, 9.17) is 9.47 Å². The number of para-hydroxylation sites is 1. The maximum absolute atomic E-state index is 13.2. The smallest absolute Gasteiger partial charge is 0.231 e. The summed E-state index contributed by atoms with van der Waals surface area (Å²) in [5.41, 5.74) is 2.54. The third-order valence-corrected chi connectivity index (χ3v) is 3.12. The van der Waals surface area contributed by atoms with Gasteiger partial charge in [0.05, 0.1) is 0 Å². The quantitative estimate of drug-likeness (QED) is 0.915. The summed E-state index contributed by atoms with van der Waals surface area (Å²) >= 11 is 0. The van der Waals surface area contributed by atoms with Gasteiger partial charge in [-0.2, -0.15) is 0 Å². The van der Waals surface area contributed by atoms with Crippen LogP contribution in [0.25, 0.3) is 0 Å². The molecule has 0 unspecified atom stereocenters. The van der Waals surface area contributed by atoms with E-state index in [-0.39, 0.29) is 12.6 Å². The molecule has 0 radical (unpaired) electrons. The molecule has 0 aromatic heterocycles. The second-order valence-corrected chi connectivity index (χ2v) is 4.47. The van der Waals surface area contributed by atoms with Gasteiger partial charge in [-0.3, -0.25) is 0 Å². The van der Waals surface area contributed by atoms with Crippen molar-refractivity contribution in [1.82, 2.24) is 0 Å². The van der Waals surface area contributed by atoms with Gasteiger partial charge in [-0.15, -0.1) is 0 Å². The van der Waals surface area contributed by atoms with E-state index in [1.54, 1.807) is 19.1 Å². The molecular weight excluding hydrogens is 245 g/mol. The van der Waals surface area contributed by atoms with Crippen LogP contribution in [0.15, 0.2) is 36.4 Å². The van der Waals surface area contributed by atoms with Crippen LogP contribution in [-0.2, 0) is 6.54 Å². The zero-order chi connectivity index (χ0) is 13.2. The fourth-order valence-electron chi connectivity index (χ4n) is 2.08. The Bertz CT molecular complexity index is 613. The molecule has 3 nitrogen and oxygen atoms in total. The number of fused-ring (bicyclic) bond motifs is 1. The van der Waals surface area contributed by atoms with Crippen LogP contribution in [0.5, 0.6) is 11.5 Å². The molecule has 0 amide bonds. The van der Waals surface area contributed by atoms with Crippen molar-refractivity contribution < 1.29 is 13.9 Å². The predicted octanol–water partition coefficient (Wildman–Crippen LogP) is 3.47. The highest BCUT2D eigenvalue weighted by Crippen LogP contribution is 2.35. The van der Waals surface area contributed by atoms with Crippen molar-refractivity contribution in [2.24, 2.45) is 0 Å². The molecule has 0 aliphatic carbocycles. The van der Waals surface area contributed by atoms with Crippen molar-refractivity contribution in [1.29, 1.82) is 0 Å². The Kier molecular flexibility index (Phi) is 2.99. The molecule has 0 bridgehead atoms. The van der Waals surface area contributed by atoms with Crippen molar-refractivity contribution in [2.75, 3.05) is 12.1 Å². The molecule has 1 aliphatic heterocycles. The highest BCUT2D eigenvalue weighted by molar-refractivity contribution is 5.51. The first-order valence-electron chi connectivity index (χ1n) is 6.11. The molecule has 19 heavy (non-hydrogen) atoms. The molecule has 0 saturated carbocycles. The number of hydrogen-bond acceptors (Lipinski definition) is 3. The van der Waals surface area contributed by atoms with Crippen molar-refractivity contribution in [3.05, 3.63) is 53.3 Å². The van der Waals surface area contributed by atoms with Crippen molar-refractivity contribution in [3.8, 4) is 11.5 Å². The lowest BCUT2D eigenvalue weighted by Crippen LogP contribution is -2.01. The van der Waals surface area contributed by atoms with Gasteiger partial charge in [0, 0.05) is 17.8 Å². The van der Waals surface area contributed by atoms with E-state index >= 15 is 0 Å². The average Bonchev–Trinajstić information content (AvgIpc) is 2.89. The topological polar surface area (TPSA) is 30.5 Å². The molecule has 1 aliphatic rings. The van der Waals surface area contributed by atoms with Gasteiger partial charge in [-0.25, -0.2) is 4.39 Å². The predicted molar refractivity (Wildman–Crippen MR) is 71.0 cm³/mol. The molecule has 1 N–H and O–H groups in total. The van der Waals surface area contributed by atoms with Gasteiger partial charge in [-0.05, 0) is 36.8 Å². The number of aryl methyl sites for hydroxylation is 1. The largest absolute Gasteiger partial charge is 0.454 e. The van der Waals surface area contributed by atoms with E-state index in [1.807, 2.05) is 18.2 Å². The first-order chi connectivity index (χ1) is 9.24. The molecule has 2 aromatic carbocycles. The molecular formula is C15H14FNO2. The Morgan fingerprint density at radius 3 is 2.95 bits per heavy atom. The normalized spacial score (nSPS) is 12.5. The van der Waals surface area contributed by atoms with Crippen LogP contribution in [0.2, 0.25) is 0 Å². The van der Waals surface area contributed by atoms with Crippen LogP contribution < -0.4 is 14.8 Å². The zero-order valence-electron chi connectivity index (χ0n) is 10.6. The second kappa shape index (κ2) is 4.80. The first-order valence-corrected chi connectivity index (χ1v) is 6.11. The number of nitrogens with one attached hydrogen (secondary N) is 1. The van der Waals surface area contributed by atoms with E-state index in [1.165, 1.54) is 6.07 Å². The molecule has 0 saturated heterocycles. The van der Waals surface area contributed by atoms with Gasteiger partial charge < -0.3 is 14.8 Å². The van der Waals surface area contributed by atoms with Crippen molar-refractivity contribution >= 4 is 5.69 Å². The minimum Gasteiger partial charge on any atom is -0.454 e. The second-order valence-electron chi connectivity index (χ2n) is 4.47. The zero-order valence-corrected chi connectivity index (χ0v) is 10.6. The molecule has 0 fully saturated rings. The maximum Gasteiger partial charge on any atom is 0.231 e. The van der Waals surface area contributed by atoms with Crippen molar-refractivity contribution in [2.45, 2.75) is 13.5 Å². The van der Waals surface area contributed by atoms with Gasteiger partial charge in [0.15, 0.2) is 11.5 Å². The number of benzene rings is 2.